The van der Waals surface area contributed by atoms with Crippen LogP contribution in [0.25, 0.3) is 0 Å². The lowest BCUT2D eigenvalue weighted by molar-refractivity contribution is 0.0352. The number of rotatable bonds is 6. The van der Waals surface area contributed by atoms with Gasteiger partial charge in [-0.25, -0.2) is 9.78 Å². The normalized spacial score (nSPS) is 21.3. The molecular weight excluding hydrogens is 408 g/mol. The van der Waals surface area contributed by atoms with Crippen LogP contribution in [-0.4, -0.2) is 77.3 Å². The van der Waals surface area contributed by atoms with Crippen molar-refractivity contribution >= 4 is 11.9 Å². The number of hydrogen-bond donors (Lipinski definition) is 2. The van der Waals surface area contributed by atoms with E-state index in [1.165, 1.54) is 0 Å². The van der Waals surface area contributed by atoms with E-state index in [9.17, 15) is 14.7 Å². The first-order chi connectivity index (χ1) is 15.3. The Labute approximate surface area is 190 Å². The van der Waals surface area contributed by atoms with Gasteiger partial charge in [0, 0.05) is 43.7 Å². The van der Waals surface area contributed by atoms with Crippen LogP contribution < -0.4 is 10.1 Å². The van der Waals surface area contributed by atoms with E-state index < -0.39 is 0 Å². The van der Waals surface area contributed by atoms with Gasteiger partial charge in [0.1, 0.15) is 11.7 Å². The number of aromatic nitrogens is 1. The maximum atomic E-state index is 13.4. The van der Waals surface area contributed by atoms with Gasteiger partial charge in [0.2, 0.25) is 5.88 Å². The van der Waals surface area contributed by atoms with Gasteiger partial charge in [-0.05, 0) is 32.3 Å². The summed E-state index contributed by atoms with van der Waals surface area (Å²) in [6, 6.07) is 1.20. The molecule has 3 amide bonds. The smallest absolute Gasteiger partial charge is 0.317 e. The number of ether oxygens (including phenoxy) is 1. The summed E-state index contributed by atoms with van der Waals surface area (Å²) in [6.07, 6.45) is 4.35. The molecule has 0 unspecified atom stereocenters. The molecule has 1 aromatic rings. The number of likely N-dealkylation sites (N-methyl/N-ethyl adjacent to an activating group) is 1. The average Bonchev–Trinajstić information content (AvgIpc) is 3.62. The number of aliphatic hydroxyl groups is 1. The molecule has 0 bridgehead atoms. The molecule has 2 aliphatic rings. The molecule has 1 aliphatic carbocycles. The second kappa shape index (κ2) is 10.7. The molecule has 0 aromatic carbocycles. The number of carbonyl (C=O) groups excluding carboxylic acids is 2. The molecule has 0 saturated heterocycles. The third-order valence-electron chi connectivity index (χ3n) is 5.85. The quantitative estimate of drug-likeness (QED) is 0.658. The molecule has 8 heteroatoms. The monoisotopic (exact) mass is 442 g/mol. The zero-order valence-electron chi connectivity index (χ0n) is 19.4. The van der Waals surface area contributed by atoms with E-state index in [0.29, 0.717) is 36.7 Å². The third kappa shape index (κ3) is 5.92. The summed E-state index contributed by atoms with van der Waals surface area (Å²) in [5.74, 6) is 6.66. The lowest BCUT2D eigenvalue weighted by atomic mass is 10.00. The summed E-state index contributed by atoms with van der Waals surface area (Å²) in [7, 11) is 1.73. The van der Waals surface area contributed by atoms with E-state index in [1.54, 1.807) is 29.1 Å². The predicted molar refractivity (Wildman–Crippen MR) is 121 cm³/mol. The number of nitrogens with one attached hydrogen (secondary N) is 1. The molecule has 174 valence electrons. The van der Waals surface area contributed by atoms with Crippen LogP contribution in [0.1, 0.15) is 56.0 Å². The van der Waals surface area contributed by atoms with E-state index >= 15 is 0 Å². The van der Waals surface area contributed by atoms with Crippen LogP contribution >= 0.6 is 0 Å². The van der Waals surface area contributed by atoms with Crippen LogP contribution in [0.2, 0.25) is 0 Å². The molecule has 3 rings (SSSR count). The van der Waals surface area contributed by atoms with Crippen molar-refractivity contribution < 1.29 is 19.4 Å². The Bertz CT molecular complexity index is 890. The van der Waals surface area contributed by atoms with Crippen LogP contribution in [-0.2, 0) is 0 Å². The van der Waals surface area contributed by atoms with Crippen molar-refractivity contribution in [2.24, 2.45) is 11.8 Å². The Balaban J connectivity index is 1.89. The van der Waals surface area contributed by atoms with Crippen LogP contribution in [0, 0.1) is 23.7 Å². The van der Waals surface area contributed by atoms with Gasteiger partial charge in [-0.15, -0.1) is 0 Å². The molecule has 2 N–H and O–H groups in total. The van der Waals surface area contributed by atoms with Crippen molar-refractivity contribution in [1.82, 2.24) is 20.1 Å². The fourth-order valence-corrected chi connectivity index (χ4v) is 3.52. The lowest BCUT2D eigenvalue weighted by Crippen LogP contribution is -2.51. The first-order valence-corrected chi connectivity index (χ1v) is 11.4. The average molecular weight is 443 g/mol. The molecule has 1 fully saturated rings. The first-order valence-electron chi connectivity index (χ1n) is 11.4. The second-order valence-corrected chi connectivity index (χ2v) is 8.86. The Hall–Kier alpha value is -2.79. The minimum absolute atomic E-state index is 0.0846. The highest BCUT2D eigenvalue weighted by molar-refractivity contribution is 5.97. The predicted octanol–water partition coefficient (Wildman–Crippen LogP) is 2.11. The highest BCUT2D eigenvalue weighted by atomic mass is 16.5. The van der Waals surface area contributed by atoms with E-state index in [1.807, 2.05) is 20.8 Å². The van der Waals surface area contributed by atoms with Gasteiger partial charge in [-0.2, -0.15) is 0 Å². The minimum atomic E-state index is -0.372. The van der Waals surface area contributed by atoms with Crippen LogP contribution in [0.15, 0.2) is 12.3 Å². The zero-order valence-corrected chi connectivity index (χ0v) is 19.4. The third-order valence-corrected chi connectivity index (χ3v) is 5.85. The van der Waals surface area contributed by atoms with Crippen molar-refractivity contribution in [2.75, 3.05) is 33.3 Å². The van der Waals surface area contributed by atoms with Gasteiger partial charge >= 0.3 is 6.03 Å². The van der Waals surface area contributed by atoms with E-state index in [4.69, 9.17) is 4.74 Å². The largest absolute Gasteiger partial charge is 0.472 e. The summed E-state index contributed by atoms with van der Waals surface area (Å²) in [6.45, 7) is 7.00. The van der Waals surface area contributed by atoms with E-state index in [2.05, 4.69) is 22.1 Å². The lowest BCUT2D eigenvalue weighted by Gasteiger charge is -2.37. The maximum Gasteiger partial charge on any atom is 0.317 e. The number of pyridine rings is 1. The Kier molecular flexibility index (Phi) is 7.97. The fourth-order valence-electron chi connectivity index (χ4n) is 3.52. The van der Waals surface area contributed by atoms with Crippen molar-refractivity contribution in [3.05, 3.63) is 23.4 Å². The van der Waals surface area contributed by atoms with Gasteiger partial charge in [-0.3, -0.25) is 4.79 Å². The second-order valence-electron chi connectivity index (χ2n) is 8.86. The molecular formula is C24H34N4O4. The van der Waals surface area contributed by atoms with Crippen LogP contribution in [0.4, 0.5) is 4.79 Å². The Morgan fingerprint density at radius 2 is 2.22 bits per heavy atom. The van der Waals surface area contributed by atoms with Gasteiger partial charge in [0.05, 0.1) is 19.2 Å². The first kappa shape index (κ1) is 23.9. The number of hydrogen-bond acceptors (Lipinski definition) is 5. The summed E-state index contributed by atoms with van der Waals surface area (Å²) >= 11 is 0. The SMILES string of the molecule is CCCNC(=O)N(C)C[C@H]1Oc2ncc(C#CC3CC3)cc2C(=O)N([C@H](C)CO)C[C@H]1C. The number of fused-ring (bicyclic) bond motifs is 1. The maximum absolute atomic E-state index is 13.4. The molecule has 1 saturated carbocycles. The highest BCUT2D eigenvalue weighted by Gasteiger charge is 2.34. The molecule has 2 heterocycles. The minimum Gasteiger partial charge on any atom is -0.472 e. The van der Waals surface area contributed by atoms with Gasteiger partial charge in [-0.1, -0.05) is 25.7 Å². The van der Waals surface area contributed by atoms with Crippen molar-refractivity contribution in [2.45, 2.75) is 52.2 Å². The highest BCUT2D eigenvalue weighted by Crippen LogP contribution is 2.29. The number of carbonyl (C=O) groups is 2. The van der Waals surface area contributed by atoms with Gasteiger partial charge in [0.15, 0.2) is 0 Å². The van der Waals surface area contributed by atoms with Gasteiger partial charge in [0.25, 0.3) is 5.91 Å². The zero-order chi connectivity index (χ0) is 23.3. The van der Waals surface area contributed by atoms with E-state index in [0.717, 1.165) is 19.3 Å². The Morgan fingerprint density at radius 1 is 1.47 bits per heavy atom. The van der Waals surface area contributed by atoms with E-state index in [-0.39, 0.29) is 42.5 Å². The van der Waals surface area contributed by atoms with Crippen molar-refractivity contribution in [3.8, 4) is 17.7 Å². The van der Waals surface area contributed by atoms with Gasteiger partial charge < -0.3 is 25.0 Å². The molecule has 0 spiro atoms. The fraction of sp³-hybridized carbons (Fsp3) is 0.625. The topological polar surface area (TPSA) is 95.0 Å². The molecule has 32 heavy (non-hydrogen) atoms. The Morgan fingerprint density at radius 3 is 2.88 bits per heavy atom. The molecule has 3 atom stereocenters. The van der Waals surface area contributed by atoms with Crippen LogP contribution in [0.5, 0.6) is 5.88 Å². The number of amides is 3. The number of nitrogens with zero attached hydrogens (tertiary/aromatic N) is 3. The molecule has 8 nitrogen and oxygen atoms in total. The van der Waals surface area contributed by atoms with Crippen LogP contribution in [0.3, 0.4) is 0 Å². The summed E-state index contributed by atoms with van der Waals surface area (Å²) in [4.78, 5) is 33.4. The van der Waals surface area contributed by atoms with Crippen molar-refractivity contribution in [1.29, 1.82) is 0 Å². The standard InChI is InChI=1S/C24H34N4O4/c1-5-10-25-24(31)27(4)14-21-16(2)13-28(17(3)15-29)23(30)20-11-19(9-8-18-6-7-18)12-26-22(20)32-21/h11-12,16-18,21,29H,5-7,10,13-15H2,1-4H3,(H,25,31)/t16-,17-,21-/m1/s1. The number of aliphatic hydroxyl groups excluding tert-OH is 1. The molecule has 0 radical (unpaired) electrons. The van der Waals surface area contributed by atoms with Crippen molar-refractivity contribution in [3.63, 3.8) is 0 Å². The molecule has 1 aromatic heterocycles. The summed E-state index contributed by atoms with van der Waals surface area (Å²) in [5.41, 5.74) is 1.01. The number of urea groups is 1. The molecule has 1 aliphatic heterocycles. The summed E-state index contributed by atoms with van der Waals surface area (Å²) < 4.78 is 6.21. The summed E-state index contributed by atoms with van der Waals surface area (Å²) in [5, 5.41) is 12.6.